The second-order valence-corrected chi connectivity index (χ2v) is 8.40. The molecule has 4 aliphatic carbocycles. The van der Waals surface area contributed by atoms with Gasteiger partial charge in [-0.15, -0.1) is 0 Å². The lowest BCUT2D eigenvalue weighted by atomic mass is 9.48. The molecule has 0 radical (unpaired) electrons. The van der Waals surface area contributed by atoms with E-state index in [9.17, 15) is 15.0 Å². The van der Waals surface area contributed by atoms with E-state index < -0.39 is 0 Å². The van der Waals surface area contributed by atoms with Gasteiger partial charge < -0.3 is 10.2 Å². The lowest BCUT2D eigenvalue weighted by Gasteiger charge is -2.56. The van der Waals surface area contributed by atoms with Gasteiger partial charge in [0.05, 0.1) is 6.10 Å². The highest BCUT2D eigenvalue weighted by molar-refractivity contribution is 6.04. The van der Waals surface area contributed by atoms with Crippen molar-refractivity contribution < 1.29 is 15.0 Å². The second kappa shape index (κ2) is 4.47. The molecule has 0 unspecified atom stereocenters. The fourth-order valence-corrected chi connectivity index (χ4v) is 6.25. The van der Waals surface area contributed by atoms with Crippen molar-refractivity contribution in [3.63, 3.8) is 0 Å². The van der Waals surface area contributed by atoms with Crippen molar-refractivity contribution in [2.75, 3.05) is 0 Å². The first-order valence-electron chi connectivity index (χ1n) is 8.71. The maximum Gasteiger partial charge on any atom is 0.219 e. The van der Waals surface area contributed by atoms with Gasteiger partial charge in [-0.25, -0.2) is 0 Å². The van der Waals surface area contributed by atoms with Crippen LogP contribution in [0.15, 0.2) is 23.5 Å². The van der Waals surface area contributed by atoms with Crippen LogP contribution in [0.4, 0.5) is 0 Å². The first-order chi connectivity index (χ1) is 10.4. The van der Waals surface area contributed by atoms with E-state index in [1.54, 1.807) is 6.08 Å². The van der Waals surface area contributed by atoms with Gasteiger partial charge in [-0.2, -0.15) is 0 Å². The zero-order valence-corrected chi connectivity index (χ0v) is 13.5. The second-order valence-electron chi connectivity index (χ2n) is 8.40. The first kappa shape index (κ1) is 14.5. The summed E-state index contributed by atoms with van der Waals surface area (Å²) >= 11 is 0. The molecule has 4 rings (SSSR count). The predicted octanol–water partition coefficient (Wildman–Crippen LogP) is 3.54. The Labute approximate surface area is 132 Å². The van der Waals surface area contributed by atoms with Crippen LogP contribution >= 0.6 is 0 Å². The van der Waals surface area contributed by atoms with E-state index in [4.69, 9.17) is 0 Å². The topological polar surface area (TPSA) is 57.5 Å². The van der Waals surface area contributed by atoms with Crippen LogP contribution in [-0.4, -0.2) is 22.1 Å². The molecule has 6 atom stereocenters. The Morgan fingerprint density at radius 3 is 2.68 bits per heavy atom. The average molecular weight is 302 g/mol. The molecule has 4 aliphatic rings. The Balaban J connectivity index is 1.72. The fraction of sp³-hybridized carbons (Fsp3) is 0.737. The summed E-state index contributed by atoms with van der Waals surface area (Å²) in [6.45, 7) is 4.48. The fourth-order valence-electron chi connectivity index (χ4n) is 6.25. The zero-order chi connectivity index (χ0) is 15.7. The molecule has 0 bridgehead atoms. The number of ketones is 1. The Morgan fingerprint density at radius 1 is 1.14 bits per heavy atom. The van der Waals surface area contributed by atoms with Gasteiger partial charge in [0.2, 0.25) is 5.78 Å². The quantitative estimate of drug-likeness (QED) is 0.719. The summed E-state index contributed by atoms with van der Waals surface area (Å²) in [7, 11) is 0. The average Bonchev–Trinajstić information content (AvgIpc) is 2.77. The molecule has 0 amide bonds. The number of rotatable bonds is 0. The monoisotopic (exact) mass is 302 g/mol. The molecule has 0 saturated heterocycles. The molecule has 22 heavy (non-hydrogen) atoms. The number of hydrogen-bond acceptors (Lipinski definition) is 3. The van der Waals surface area contributed by atoms with Crippen molar-refractivity contribution in [1.82, 2.24) is 0 Å². The molecule has 0 aliphatic heterocycles. The maximum absolute atomic E-state index is 11.8. The Morgan fingerprint density at radius 2 is 1.91 bits per heavy atom. The van der Waals surface area contributed by atoms with Crippen LogP contribution < -0.4 is 0 Å². The van der Waals surface area contributed by atoms with E-state index in [0.29, 0.717) is 17.8 Å². The van der Waals surface area contributed by atoms with Crippen LogP contribution in [-0.2, 0) is 4.79 Å². The van der Waals surface area contributed by atoms with E-state index in [-0.39, 0.29) is 28.5 Å². The number of carbonyl (C=O) groups is 1. The van der Waals surface area contributed by atoms with E-state index >= 15 is 0 Å². The third kappa shape index (κ3) is 1.69. The normalized spacial score (nSPS) is 50.6. The van der Waals surface area contributed by atoms with Crippen LogP contribution in [0.1, 0.15) is 52.4 Å². The molecule has 3 nitrogen and oxygen atoms in total. The molecular formula is C19H26O3. The van der Waals surface area contributed by atoms with Crippen LogP contribution in [0, 0.1) is 28.6 Å². The van der Waals surface area contributed by atoms with Crippen LogP contribution in [0.2, 0.25) is 0 Å². The van der Waals surface area contributed by atoms with Gasteiger partial charge in [0, 0.05) is 5.41 Å². The molecule has 3 fully saturated rings. The molecule has 0 aromatic carbocycles. The summed E-state index contributed by atoms with van der Waals surface area (Å²) in [5.74, 6) is 1.38. The summed E-state index contributed by atoms with van der Waals surface area (Å²) in [6.07, 6.45) is 9.65. The number of aliphatic hydroxyl groups excluding tert-OH is 2. The standard InChI is InChI=1S/C19H26O3/c1-18-8-7-14-12(13(18)5-6-17(18)22)4-3-11-9-15(20)16(21)10-19(11,14)2/h9-10,12-14,17,21-22H,3-8H2,1-2H3/t12-,13-,14-,17-,18-,19-/m0/s1. The minimum atomic E-state index is -0.233. The molecular weight excluding hydrogens is 276 g/mol. The van der Waals surface area contributed by atoms with Crippen molar-refractivity contribution in [2.24, 2.45) is 28.6 Å². The third-order valence-corrected chi connectivity index (χ3v) is 7.59. The zero-order valence-electron chi connectivity index (χ0n) is 13.5. The summed E-state index contributed by atoms with van der Waals surface area (Å²) in [5, 5.41) is 20.4. The van der Waals surface area contributed by atoms with Gasteiger partial charge in [0.25, 0.3) is 0 Å². The first-order valence-corrected chi connectivity index (χ1v) is 8.71. The van der Waals surface area contributed by atoms with Gasteiger partial charge in [0.15, 0.2) is 5.76 Å². The van der Waals surface area contributed by atoms with E-state index in [0.717, 1.165) is 38.5 Å². The molecule has 3 saturated carbocycles. The molecule has 2 N–H and O–H groups in total. The number of hydrogen-bond donors (Lipinski definition) is 2. The van der Waals surface area contributed by atoms with E-state index in [1.165, 1.54) is 5.57 Å². The highest BCUT2D eigenvalue weighted by Crippen LogP contribution is 2.64. The van der Waals surface area contributed by atoms with Crippen molar-refractivity contribution >= 4 is 5.78 Å². The summed E-state index contributed by atoms with van der Waals surface area (Å²) in [4.78, 5) is 11.8. The number of carbonyl (C=O) groups excluding carboxylic acids is 1. The smallest absolute Gasteiger partial charge is 0.219 e. The summed E-state index contributed by atoms with van der Waals surface area (Å²) in [5.41, 5.74) is 1.11. The molecule has 0 aromatic heterocycles. The summed E-state index contributed by atoms with van der Waals surface area (Å²) < 4.78 is 0. The minimum Gasteiger partial charge on any atom is -0.504 e. The highest BCUT2D eigenvalue weighted by atomic mass is 16.3. The van der Waals surface area contributed by atoms with Crippen molar-refractivity contribution in [2.45, 2.75) is 58.5 Å². The Hall–Kier alpha value is -1.09. The largest absolute Gasteiger partial charge is 0.504 e. The highest BCUT2D eigenvalue weighted by Gasteiger charge is 2.58. The number of allylic oxidation sites excluding steroid dienone is 3. The Bertz CT molecular complexity index is 589. The van der Waals surface area contributed by atoms with Crippen molar-refractivity contribution in [3.05, 3.63) is 23.5 Å². The molecule has 0 spiro atoms. The van der Waals surface area contributed by atoms with Gasteiger partial charge in [0.1, 0.15) is 0 Å². The lowest BCUT2D eigenvalue weighted by Crippen LogP contribution is -2.50. The van der Waals surface area contributed by atoms with Gasteiger partial charge in [-0.05, 0) is 73.8 Å². The maximum atomic E-state index is 11.8. The predicted molar refractivity (Wildman–Crippen MR) is 84.2 cm³/mol. The molecule has 120 valence electrons. The SMILES string of the molecule is C[C@]12CC[C@H]3[C@@H](CCC4=CC(=O)C(O)=C[C@@]43C)[C@@H]1CC[C@@H]2O. The number of fused-ring (bicyclic) bond motifs is 5. The van der Waals surface area contributed by atoms with Crippen molar-refractivity contribution in [3.8, 4) is 0 Å². The Kier molecular flexibility index (Phi) is 2.95. The van der Waals surface area contributed by atoms with Crippen LogP contribution in [0.3, 0.4) is 0 Å². The van der Waals surface area contributed by atoms with Crippen LogP contribution in [0.25, 0.3) is 0 Å². The van der Waals surface area contributed by atoms with Gasteiger partial charge in [-0.1, -0.05) is 19.4 Å². The lowest BCUT2D eigenvalue weighted by molar-refractivity contribution is -0.114. The van der Waals surface area contributed by atoms with Gasteiger partial charge >= 0.3 is 0 Å². The van der Waals surface area contributed by atoms with Gasteiger partial charge in [-0.3, -0.25) is 4.79 Å². The van der Waals surface area contributed by atoms with Crippen LogP contribution in [0.5, 0.6) is 0 Å². The summed E-state index contributed by atoms with van der Waals surface area (Å²) in [6, 6.07) is 0. The molecule has 0 aromatic rings. The van der Waals surface area contributed by atoms with E-state index in [1.807, 2.05) is 6.08 Å². The third-order valence-electron chi connectivity index (χ3n) is 7.59. The van der Waals surface area contributed by atoms with Crippen molar-refractivity contribution in [1.29, 1.82) is 0 Å². The number of aliphatic hydroxyl groups is 2. The van der Waals surface area contributed by atoms with E-state index in [2.05, 4.69) is 13.8 Å². The molecule has 0 heterocycles. The molecule has 3 heteroatoms. The minimum absolute atomic E-state index is 0.0771.